The molecule has 4 fully saturated rings. The summed E-state index contributed by atoms with van der Waals surface area (Å²) in [5, 5.41) is 16.7. The van der Waals surface area contributed by atoms with Crippen LogP contribution in [0.1, 0.15) is 80.3 Å². The number of aryl methyl sites for hydroxylation is 1. The smallest absolute Gasteiger partial charge is 0.316 e. The quantitative estimate of drug-likeness (QED) is 0.410. The first kappa shape index (κ1) is 26.6. The number of halogens is 1. The average Bonchev–Trinajstić information content (AvgIpc) is 3.64. The Balaban J connectivity index is 1.15. The van der Waals surface area contributed by atoms with E-state index in [-0.39, 0.29) is 11.3 Å². The minimum Gasteiger partial charge on any atom is -0.508 e. The highest BCUT2D eigenvalue weighted by Gasteiger charge is 2.49. The van der Waals surface area contributed by atoms with Gasteiger partial charge in [-0.1, -0.05) is 25.1 Å². The number of piperidine rings is 1. The van der Waals surface area contributed by atoms with Crippen molar-refractivity contribution in [2.45, 2.75) is 101 Å². The molecule has 2 bridgehead atoms. The summed E-state index contributed by atoms with van der Waals surface area (Å²) in [5.41, 5.74) is 5.63. The summed E-state index contributed by atoms with van der Waals surface area (Å²) in [5.74, 6) is 0.697. The van der Waals surface area contributed by atoms with Crippen LogP contribution in [-0.4, -0.2) is 70.0 Å². The van der Waals surface area contributed by atoms with E-state index >= 15 is 0 Å². The van der Waals surface area contributed by atoms with E-state index < -0.39 is 6.17 Å². The number of ether oxygens (including phenoxy) is 1. The van der Waals surface area contributed by atoms with Gasteiger partial charge in [-0.2, -0.15) is 9.97 Å². The van der Waals surface area contributed by atoms with Crippen LogP contribution in [0.2, 0.25) is 0 Å². The number of rotatable bonds is 6. The third-order valence-corrected chi connectivity index (χ3v) is 10.9. The molecule has 8 heteroatoms. The molecule has 6 heterocycles. The van der Waals surface area contributed by atoms with Crippen molar-refractivity contribution in [3.8, 4) is 11.8 Å². The first-order valence-electron chi connectivity index (χ1n) is 16.2. The second-order valence-electron chi connectivity index (χ2n) is 13.5. The average molecular weight is 572 g/mol. The number of fused-ring (bicyclic) bond motifs is 5. The minimum atomic E-state index is -0.780. The second kappa shape index (κ2) is 10.3. The van der Waals surface area contributed by atoms with Crippen molar-refractivity contribution < 1.29 is 14.2 Å². The van der Waals surface area contributed by atoms with E-state index in [1.54, 1.807) is 0 Å². The lowest BCUT2D eigenvalue weighted by Gasteiger charge is -2.35. The maximum atomic E-state index is 14.5. The Morgan fingerprint density at radius 2 is 2.00 bits per heavy atom. The Morgan fingerprint density at radius 3 is 2.83 bits per heavy atom. The van der Waals surface area contributed by atoms with Crippen LogP contribution < -0.4 is 15.0 Å². The lowest BCUT2D eigenvalue weighted by atomic mass is 9.85. The summed E-state index contributed by atoms with van der Waals surface area (Å²) in [7, 11) is 0. The number of aromatic hydroxyl groups is 1. The zero-order valence-electron chi connectivity index (χ0n) is 24.6. The van der Waals surface area contributed by atoms with E-state index in [1.165, 1.54) is 35.0 Å². The van der Waals surface area contributed by atoms with Gasteiger partial charge in [0.15, 0.2) is 0 Å². The van der Waals surface area contributed by atoms with Crippen molar-refractivity contribution >= 4 is 16.5 Å². The molecule has 0 aliphatic carbocycles. The molecule has 0 saturated carbocycles. The molecule has 0 spiro atoms. The van der Waals surface area contributed by atoms with E-state index in [9.17, 15) is 9.50 Å². The fraction of sp³-hybridized carbons (Fsp3) is 0.588. The molecule has 222 valence electrons. The molecule has 1 aromatic heterocycles. The first-order chi connectivity index (χ1) is 20.5. The van der Waals surface area contributed by atoms with Crippen LogP contribution in [0.5, 0.6) is 11.8 Å². The maximum absolute atomic E-state index is 14.5. The van der Waals surface area contributed by atoms with Crippen LogP contribution in [0, 0.1) is 0 Å². The van der Waals surface area contributed by atoms with Gasteiger partial charge >= 0.3 is 6.01 Å². The van der Waals surface area contributed by atoms with Gasteiger partial charge in [-0.15, -0.1) is 0 Å². The van der Waals surface area contributed by atoms with Gasteiger partial charge in [-0.05, 0) is 80.5 Å². The van der Waals surface area contributed by atoms with Gasteiger partial charge < -0.3 is 20.1 Å². The van der Waals surface area contributed by atoms with Crippen LogP contribution in [0.3, 0.4) is 0 Å². The van der Waals surface area contributed by atoms with Gasteiger partial charge in [0.05, 0.1) is 23.5 Å². The van der Waals surface area contributed by atoms with Gasteiger partial charge in [0.1, 0.15) is 18.5 Å². The van der Waals surface area contributed by atoms with Crippen LogP contribution in [-0.2, 0) is 19.4 Å². The summed E-state index contributed by atoms with van der Waals surface area (Å²) >= 11 is 0. The largest absolute Gasteiger partial charge is 0.508 e. The molecule has 5 aliphatic rings. The molecule has 4 saturated heterocycles. The van der Waals surface area contributed by atoms with Crippen molar-refractivity contribution in [1.82, 2.24) is 20.2 Å². The van der Waals surface area contributed by atoms with E-state index in [4.69, 9.17) is 14.7 Å². The number of benzene rings is 2. The monoisotopic (exact) mass is 571 g/mol. The Morgan fingerprint density at radius 1 is 1.14 bits per heavy atom. The van der Waals surface area contributed by atoms with Gasteiger partial charge in [0, 0.05) is 54.7 Å². The fourth-order valence-electron chi connectivity index (χ4n) is 8.98. The Labute approximate surface area is 247 Å². The predicted molar refractivity (Wildman–Crippen MR) is 162 cm³/mol. The molecule has 5 atom stereocenters. The lowest BCUT2D eigenvalue weighted by molar-refractivity contribution is 0.106. The van der Waals surface area contributed by atoms with Crippen molar-refractivity contribution in [2.24, 2.45) is 0 Å². The second-order valence-corrected chi connectivity index (χ2v) is 13.5. The normalized spacial score (nSPS) is 30.6. The Kier molecular flexibility index (Phi) is 6.56. The number of phenolic OH excluding ortho intramolecular Hbond substituents is 1. The number of anilines is 1. The van der Waals surface area contributed by atoms with E-state index in [2.05, 4.69) is 40.2 Å². The molecule has 7 nitrogen and oxygen atoms in total. The number of aromatic nitrogens is 2. The van der Waals surface area contributed by atoms with Crippen molar-refractivity contribution in [2.75, 3.05) is 31.1 Å². The standard InChI is InChI=1S/C34H42FN5O2/c1-2-21-5-3-6-22-15-27(41)16-30(31(21)22)39-12-9-28-29(19-39)37-33(38-32(28)23-13-25-7-8-26(14-23)36-25)42-20-34-10-4-11-40(34)18-24(35)17-34/h3,5-6,15-16,23-26,36,41H,2,4,7-14,17-20H2,1H3/t23?,24-,25-,26+,34+/m1/s1. The van der Waals surface area contributed by atoms with E-state index in [1.807, 2.05) is 12.1 Å². The Bertz CT molecular complexity index is 1500. The molecule has 8 rings (SSSR count). The van der Waals surface area contributed by atoms with Crippen molar-refractivity contribution in [3.63, 3.8) is 0 Å². The van der Waals surface area contributed by atoms with Crippen LogP contribution in [0.4, 0.5) is 10.1 Å². The number of alkyl halides is 1. The van der Waals surface area contributed by atoms with Gasteiger partial charge in [0.2, 0.25) is 0 Å². The van der Waals surface area contributed by atoms with E-state index in [0.717, 1.165) is 68.4 Å². The van der Waals surface area contributed by atoms with Crippen molar-refractivity contribution in [1.29, 1.82) is 0 Å². The molecule has 2 aromatic carbocycles. The van der Waals surface area contributed by atoms with Crippen LogP contribution >= 0.6 is 0 Å². The fourth-order valence-corrected chi connectivity index (χ4v) is 8.98. The third kappa shape index (κ3) is 4.53. The summed E-state index contributed by atoms with van der Waals surface area (Å²) < 4.78 is 20.9. The number of hydrogen-bond donors (Lipinski definition) is 2. The lowest BCUT2D eigenvalue weighted by Crippen LogP contribution is -2.43. The molecule has 2 N–H and O–H groups in total. The van der Waals surface area contributed by atoms with Gasteiger partial charge in [-0.25, -0.2) is 4.39 Å². The molecule has 42 heavy (non-hydrogen) atoms. The highest BCUT2D eigenvalue weighted by Crippen LogP contribution is 2.43. The summed E-state index contributed by atoms with van der Waals surface area (Å²) in [4.78, 5) is 14.9. The zero-order chi connectivity index (χ0) is 28.4. The minimum absolute atomic E-state index is 0.226. The predicted octanol–water partition coefficient (Wildman–Crippen LogP) is 5.41. The summed E-state index contributed by atoms with van der Waals surface area (Å²) in [6, 6.07) is 11.7. The maximum Gasteiger partial charge on any atom is 0.316 e. The molecule has 1 unspecified atom stereocenters. The van der Waals surface area contributed by atoms with Gasteiger partial charge in [-0.3, -0.25) is 4.90 Å². The Hall–Kier alpha value is -2.97. The summed E-state index contributed by atoms with van der Waals surface area (Å²) in [6.45, 7) is 5.61. The van der Waals surface area contributed by atoms with Crippen LogP contribution in [0.15, 0.2) is 30.3 Å². The summed E-state index contributed by atoms with van der Waals surface area (Å²) in [6.07, 6.45) is 8.35. The molecule has 5 aliphatic heterocycles. The highest BCUT2D eigenvalue weighted by atomic mass is 19.1. The number of hydrogen-bond acceptors (Lipinski definition) is 7. The third-order valence-electron chi connectivity index (χ3n) is 10.9. The van der Waals surface area contributed by atoms with Crippen LogP contribution in [0.25, 0.3) is 10.8 Å². The molecular formula is C34H42FN5O2. The molecule has 0 amide bonds. The van der Waals surface area contributed by atoms with Gasteiger partial charge in [0.25, 0.3) is 0 Å². The van der Waals surface area contributed by atoms with Crippen molar-refractivity contribution in [3.05, 3.63) is 52.8 Å². The number of nitrogens with zero attached hydrogens (tertiary/aromatic N) is 4. The number of nitrogens with one attached hydrogen (secondary N) is 1. The van der Waals surface area contributed by atoms with E-state index in [0.29, 0.717) is 50.1 Å². The number of phenols is 1. The zero-order valence-corrected chi connectivity index (χ0v) is 24.6. The highest BCUT2D eigenvalue weighted by molar-refractivity contribution is 5.98. The first-order valence-corrected chi connectivity index (χ1v) is 16.2. The molecule has 0 radical (unpaired) electrons. The SMILES string of the molecule is CCc1cccc2cc(O)cc(N3CCc4c(nc(OC[C@@]56CCCN5C[C@H](F)C6)nc4C4C[C@H]5CC[C@@H](C4)N5)C3)c12. The molecule has 3 aromatic rings. The molecular weight excluding hydrogens is 529 g/mol. The topological polar surface area (TPSA) is 73.8 Å².